The topological polar surface area (TPSA) is 102 Å². The largest absolute Gasteiger partial charge is 0.495 e. The number of anilines is 2. The number of carbonyl (C=O) groups is 1. The lowest BCUT2D eigenvalue weighted by Crippen LogP contribution is -2.18. The number of nitrogens with zero attached hydrogens (tertiary/aromatic N) is 2. The highest BCUT2D eigenvalue weighted by Crippen LogP contribution is 2.30. The minimum Gasteiger partial charge on any atom is -0.495 e. The molecule has 0 aliphatic carbocycles. The number of hydrogen-bond acceptors (Lipinski definition) is 6. The predicted molar refractivity (Wildman–Crippen MR) is 146 cm³/mol. The molecule has 0 radical (unpaired) electrons. The van der Waals surface area contributed by atoms with E-state index < -0.39 is 22.6 Å². The molecular formula is C28H25F3N4O4S. The van der Waals surface area contributed by atoms with Gasteiger partial charge in [-0.15, -0.1) is 0 Å². The summed E-state index contributed by atoms with van der Waals surface area (Å²) in [5.74, 6) is 5.55. The molecule has 2 N–H and O–H groups in total. The summed E-state index contributed by atoms with van der Waals surface area (Å²) in [4.78, 5) is 16.6. The van der Waals surface area contributed by atoms with Crippen molar-refractivity contribution in [1.29, 1.82) is 0 Å². The zero-order valence-electron chi connectivity index (χ0n) is 21.5. The molecule has 0 spiro atoms. The number of benzene rings is 2. The second-order valence-electron chi connectivity index (χ2n) is 8.84. The SMILES string of the molecule is COc1cc(S(C)(=O)=O)ccc1NCC#Cc1cc2c(NC(=O)Cc3ccncc3)cccc2n1CC(F)(F)F. The van der Waals surface area contributed by atoms with Crippen LogP contribution in [-0.2, 0) is 27.6 Å². The molecule has 0 aliphatic heterocycles. The van der Waals surface area contributed by atoms with Crippen LogP contribution in [0.5, 0.6) is 5.75 Å². The lowest BCUT2D eigenvalue weighted by Gasteiger charge is -2.12. The molecule has 208 valence electrons. The second-order valence-corrected chi connectivity index (χ2v) is 10.9. The lowest BCUT2D eigenvalue weighted by atomic mass is 10.1. The van der Waals surface area contributed by atoms with Gasteiger partial charge in [-0.25, -0.2) is 8.42 Å². The van der Waals surface area contributed by atoms with Crippen molar-refractivity contribution in [2.75, 3.05) is 30.5 Å². The third kappa shape index (κ3) is 7.12. The Balaban J connectivity index is 1.60. The quantitative estimate of drug-likeness (QED) is 0.299. The Bertz CT molecular complexity index is 1710. The zero-order chi connectivity index (χ0) is 28.9. The monoisotopic (exact) mass is 570 g/mol. The molecule has 0 fully saturated rings. The number of carbonyl (C=O) groups excluding carboxylic acids is 1. The van der Waals surface area contributed by atoms with Crippen LogP contribution in [-0.4, -0.2) is 50.0 Å². The van der Waals surface area contributed by atoms with Crippen LogP contribution in [0.2, 0.25) is 0 Å². The first kappa shape index (κ1) is 28.5. The van der Waals surface area contributed by atoms with Gasteiger partial charge in [0, 0.05) is 30.1 Å². The number of halogens is 3. The van der Waals surface area contributed by atoms with Crippen LogP contribution in [0.1, 0.15) is 11.3 Å². The van der Waals surface area contributed by atoms with Gasteiger partial charge in [-0.2, -0.15) is 13.2 Å². The number of fused-ring (bicyclic) bond motifs is 1. The highest BCUT2D eigenvalue weighted by molar-refractivity contribution is 7.90. The van der Waals surface area contributed by atoms with Gasteiger partial charge < -0.3 is 19.9 Å². The highest BCUT2D eigenvalue weighted by atomic mass is 32.2. The lowest BCUT2D eigenvalue weighted by molar-refractivity contribution is -0.140. The Labute approximate surface area is 229 Å². The Morgan fingerprint density at radius 3 is 2.50 bits per heavy atom. The van der Waals surface area contributed by atoms with E-state index in [2.05, 4.69) is 27.5 Å². The Morgan fingerprint density at radius 2 is 1.82 bits per heavy atom. The first-order valence-electron chi connectivity index (χ1n) is 11.9. The van der Waals surface area contributed by atoms with Gasteiger partial charge in [0.25, 0.3) is 0 Å². The number of amides is 1. The van der Waals surface area contributed by atoms with Crippen molar-refractivity contribution < 1.29 is 31.1 Å². The van der Waals surface area contributed by atoms with Crippen LogP contribution in [0.15, 0.2) is 71.9 Å². The Kier molecular flexibility index (Phi) is 8.35. The van der Waals surface area contributed by atoms with E-state index in [1.807, 2.05) is 0 Å². The summed E-state index contributed by atoms with van der Waals surface area (Å²) < 4.78 is 70.3. The summed E-state index contributed by atoms with van der Waals surface area (Å²) in [6.07, 6.45) is -0.203. The van der Waals surface area contributed by atoms with E-state index in [-0.39, 0.29) is 40.7 Å². The van der Waals surface area contributed by atoms with Gasteiger partial charge in [-0.05, 0) is 53.9 Å². The maximum absolute atomic E-state index is 13.5. The number of alkyl halides is 3. The van der Waals surface area contributed by atoms with Crippen LogP contribution in [0.25, 0.3) is 10.9 Å². The van der Waals surface area contributed by atoms with Crippen molar-refractivity contribution in [1.82, 2.24) is 9.55 Å². The van der Waals surface area contributed by atoms with E-state index in [1.54, 1.807) is 36.7 Å². The third-order valence-corrected chi connectivity index (χ3v) is 6.97. The maximum atomic E-state index is 13.5. The van der Waals surface area contributed by atoms with Gasteiger partial charge >= 0.3 is 6.18 Å². The Hall–Kier alpha value is -4.50. The summed E-state index contributed by atoms with van der Waals surface area (Å²) >= 11 is 0. The zero-order valence-corrected chi connectivity index (χ0v) is 22.4. The molecule has 1 amide bonds. The molecule has 0 atom stereocenters. The fourth-order valence-corrected chi connectivity index (χ4v) is 4.69. The molecule has 0 aliphatic rings. The molecule has 0 saturated heterocycles. The van der Waals surface area contributed by atoms with Gasteiger partial charge in [-0.1, -0.05) is 12.0 Å². The van der Waals surface area contributed by atoms with Crippen molar-refractivity contribution in [2.24, 2.45) is 0 Å². The first-order chi connectivity index (χ1) is 18.9. The van der Waals surface area contributed by atoms with Crippen LogP contribution in [0, 0.1) is 11.8 Å². The van der Waals surface area contributed by atoms with E-state index >= 15 is 0 Å². The second kappa shape index (κ2) is 11.7. The van der Waals surface area contributed by atoms with Crippen molar-refractivity contribution in [2.45, 2.75) is 24.0 Å². The standard InChI is InChI=1S/C28H25F3N4O4S/c1-39-26-17-21(40(2,37)38)8-9-24(26)33-12-4-5-20-16-22-23(34-27(36)15-19-10-13-32-14-11-19)6-3-7-25(22)35(20)18-28(29,30)31/h3,6-11,13-14,16-17,33H,12,15,18H2,1-2H3,(H,34,36). The molecule has 4 rings (SSSR count). The van der Waals surface area contributed by atoms with Crippen LogP contribution in [0.3, 0.4) is 0 Å². The molecule has 2 aromatic carbocycles. The number of pyridine rings is 1. The van der Waals surface area contributed by atoms with Gasteiger partial charge in [0.1, 0.15) is 12.3 Å². The Morgan fingerprint density at radius 1 is 1.07 bits per heavy atom. The molecule has 12 heteroatoms. The van der Waals surface area contributed by atoms with Crippen molar-refractivity contribution >= 4 is 38.0 Å². The first-order valence-corrected chi connectivity index (χ1v) is 13.8. The molecule has 8 nitrogen and oxygen atoms in total. The van der Waals surface area contributed by atoms with Crippen molar-refractivity contribution in [3.63, 3.8) is 0 Å². The number of methoxy groups -OCH3 is 1. The van der Waals surface area contributed by atoms with E-state index in [0.29, 0.717) is 16.8 Å². The van der Waals surface area contributed by atoms with Gasteiger partial charge in [0.05, 0.1) is 47.6 Å². The van der Waals surface area contributed by atoms with Crippen LogP contribution >= 0.6 is 0 Å². The van der Waals surface area contributed by atoms with Crippen LogP contribution < -0.4 is 15.4 Å². The average molecular weight is 571 g/mol. The predicted octanol–water partition coefficient (Wildman–Crippen LogP) is 4.66. The molecule has 4 aromatic rings. The van der Waals surface area contributed by atoms with Crippen molar-refractivity contribution in [3.8, 4) is 17.6 Å². The number of rotatable bonds is 8. The minimum absolute atomic E-state index is 0.0393. The third-order valence-electron chi connectivity index (χ3n) is 5.86. The summed E-state index contributed by atoms with van der Waals surface area (Å²) in [5.41, 5.74) is 1.98. The fourth-order valence-electron chi connectivity index (χ4n) is 4.05. The van der Waals surface area contributed by atoms with E-state index in [9.17, 15) is 26.4 Å². The molecule has 0 bridgehead atoms. The normalized spacial score (nSPS) is 11.5. The summed E-state index contributed by atoms with van der Waals surface area (Å²) in [6.45, 7) is -1.22. The van der Waals surface area contributed by atoms with Crippen LogP contribution in [0.4, 0.5) is 24.5 Å². The van der Waals surface area contributed by atoms with Gasteiger partial charge in [0.2, 0.25) is 5.91 Å². The number of aromatic nitrogens is 2. The highest BCUT2D eigenvalue weighted by Gasteiger charge is 2.30. The number of ether oxygens (including phenoxy) is 1. The molecule has 0 unspecified atom stereocenters. The fraction of sp³-hybridized carbons (Fsp3) is 0.214. The molecule has 2 aromatic heterocycles. The molecule has 40 heavy (non-hydrogen) atoms. The minimum atomic E-state index is -4.50. The molecule has 2 heterocycles. The maximum Gasteiger partial charge on any atom is 0.406 e. The number of hydrogen-bond donors (Lipinski definition) is 2. The van der Waals surface area contributed by atoms with E-state index in [4.69, 9.17) is 4.74 Å². The van der Waals surface area contributed by atoms with E-state index in [1.165, 1.54) is 37.4 Å². The number of nitrogens with one attached hydrogen (secondary N) is 2. The van der Waals surface area contributed by atoms with Crippen molar-refractivity contribution in [3.05, 3.63) is 78.2 Å². The summed E-state index contributed by atoms with van der Waals surface area (Å²) in [5, 5.41) is 6.19. The average Bonchev–Trinajstić information content (AvgIpc) is 3.23. The summed E-state index contributed by atoms with van der Waals surface area (Å²) in [7, 11) is -2.04. The van der Waals surface area contributed by atoms with Gasteiger partial charge in [-0.3, -0.25) is 9.78 Å². The summed E-state index contributed by atoms with van der Waals surface area (Å²) in [6, 6.07) is 14.0. The smallest absolute Gasteiger partial charge is 0.406 e. The number of sulfone groups is 1. The van der Waals surface area contributed by atoms with E-state index in [0.717, 1.165) is 16.4 Å². The molecular weight excluding hydrogens is 545 g/mol. The molecule has 0 saturated carbocycles. The van der Waals surface area contributed by atoms with Gasteiger partial charge in [0.15, 0.2) is 9.84 Å².